The maximum atomic E-state index is 13.3. The van der Waals surface area contributed by atoms with Crippen molar-refractivity contribution in [2.75, 3.05) is 6.26 Å². The number of hydrogen-bond donors (Lipinski definition) is 0. The second-order valence-electron chi connectivity index (χ2n) is 6.09. The molecular weight excluding hydrogens is 394 g/mol. The van der Waals surface area contributed by atoms with E-state index >= 15 is 0 Å². The summed E-state index contributed by atoms with van der Waals surface area (Å²) in [5.41, 5.74) is 0.932. The molecule has 5 rings (SSSR count). The first kappa shape index (κ1) is 17.3. The summed E-state index contributed by atoms with van der Waals surface area (Å²) in [6.45, 7) is 0. The van der Waals surface area contributed by atoms with Gasteiger partial charge in [-0.15, -0.1) is 0 Å². The first-order valence-corrected chi connectivity index (χ1v) is 9.66. The largest absolute Gasteiger partial charge is 0.365 e. The average Bonchev–Trinajstić information content (AvgIpc) is 3.08. The Kier molecular flexibility index (Phi) is 3.77. The molecule has 0 aliphatic heterocycles. The third kappa shape index (κ3) is 2.55. The highest BCUT2D eigenvalue weighted by atomic mass is 32.2. The molecule has 0 amide bonds. The number of thioether (sulfide) groups is 1. The van der Waals surface area contributed by atoms with Gasteiger partial charge in [-0.3, -0.25) is 4.79 Å². The van der Waals surface area contributed by atoms with Crippen LogP contribution in [0.4, 0.5) is 5.82 Å². The van der Waals surface area contributed by atoms with Crippen LogP contribution in [0.3, 0.4) is 0 Å². The van der Waals surface area contributed by atoms with Crippen LogP contribution in [-0.4, -0.2) is 40.3 Å². The molecule has 0 unspecified atom stereocenters. The predicted octanol–water partition coefficient (Wildman–Crippen LogP) is 2.61. The molecule has 0 bridgehead atoms. The molecule has 4 aromatic heterocycles. The van der Waals surface area contributed by atoms with E-state index in [2.05, 4.69) is 19.9 Å². The van der Waals surface area contributed by atoms with Gasteiger partial charge in [0.25, 0.3) is 11.4 Å². The van der Waals surface area contributed by atoms with Crippen molar-refractivity contribution in [3.8, 4) is 5.82 Å². The maximum absolute atomic E-state index is 13.3. The van der Waals surface area contributed by atoms with Gasteiger partial charge in [0.2, 0.25) is 0 Å². The van der Waals surface area contributed by atoms with Crippen molar-refractivity contribution in [2.24, 2.45) is 0 Å². The molecule has 0 atom stereocenters. The van der Waals surface area contributed by atoms with Gasteiger partial charge in [-0.1, -0.05) is 23.9 Å². The van der Waals surface area contributed by atoms with Crippen LogP contribution < -0.4 is 5.56 Å². The first-order chi connectivity index (χ1) is 14.1. The Morgan fingerprint density at radius 3 is 2.66 bits per heavy atom. The van der Waals surface area contributed by atoms with E-state index in [0.29, 0.717) is 27.4 Å². The highest BCUT2D eigenvalue weighted by molar-refractivity contribution is 7.98. The fourth-order valence-electron chi connectivity index (χ4n) is 3.22. The fraction of sp³-hybridized carbons (Fsp3) is 0.0556. The van der Waals surface area contributed by atoms with Gasteiger partial charge in [0.15, 0.2) is 16.5 Å². The van der Waals surface area contributed by atoms with E-state index in [1.807, 2.05) is 24.5 Å². The number of rotatable bonds is 3. The van der Waals surface area contributed by atoms with Crippen molar-refractivity contribution in [1.29, 1.82) is 0 Å². The standard InChI is InChI=1S/C18H11N7O3S/c1-29-18-19-9-11-15(22-18)21-16-10-5-2-3-6-12(10)23(24(16)17(11)26)13-7-4-8-14(20-13)25(27)28/h2-9H,1H3. The third-order valence-corrected chi connectivity index (χ3v) is 5.02. The van der Waals surface area contributed by atoms with Crippen LogP contribution in [-0.2, 0) is 0 Å². The van der Waals surface area contributed by atoms with Crippen molar-refractivity contribution in [3.63, 3.8) is 0 Å². The normalized spacial score (nSPS) is 11.5. The predicted molar refractivity (Wildman–Crippen MR) is 108 cm³/mol. The van der Waals surface area contributed by atoms with Crippen LogP contribution in [0.2, 0.25) is 0 Å². The van der Waals surface area contributed by atoms with E-state index in [0.717, 1.165) is 0 Å². The summed E-state index contributed by atoms with van der Waals surface area (Å²) in [6.07, 6.45) is 3.28. The molecule has 0 aliphatic carbocycles. The minimum Gasteiger partial charge on any atom is -0.358 e. The van der Waals surface area contributed by atoms with Gasteiger partial charge in [0.1, 0.15) is 5.39 Å². The Labute approximate surface area is 166 Å². The molecule has 5 aromatic rings. The molecule has 4 heterocycles. The van der Waals surface area contributed by atoms with E-state index in [1.165, 1.54) is 39.3 Å². The van der Waals surface area contributed by atoms with E-state index < -0.39 is 4.92 Å². The Bertz CT molecular complexity index is 1510. The lowest BCUT2D eigenvalue weighted by molar-refractivity contribution is -0.389. The fourth-order valence-corrected chi connectivity index (χ4v) is 3.56. The molecule has 142 valence electrons. The van der Waals surface area contributed by atoms with Crippen LogP contribution in [0.25, 0.3) is 33.4 Å². The van der Waals surface area contributed by atoms with Crippen molar-refractivity contribution >= 4 is 45.2 Å². The lowest BCUT2D eigenvalue weighted by Crippen LogP contribution is -2.22. The van der Waals surface area contributed by atoms with Gasteiger partial charge in [0, 0.05) is 23.7 Å². The Morgan fingerprint density at radius 2 is 1.86 bits per heavy atom. The number of pyridine rings is 1. The highest BCUT2D eigenvalue weighted by Crippen LogP contribution is 2.25. The van der Waals surface area contributed by atoms with E-state index in [4.69, 9.17) is 0 Å². The zero-order chi connectivity index (χ0) is 20.1. The molecule has 0 fully saturated rings. The Morgan fingerprint density at radius 1 is 1.03 bits per heavy atom. The quantitative estimate of drug-likeness (QED) is 0.194. The third-order valence-electron chi connectivity index (χ3n) is 4.46. The van der Waals surface area contributed by atoms with Gasteiger partial charge in [-0.2, -0.15) is 4.52 Å². The van der Waals surface area contributed by atoms with Gasteiger partial charge < -0.3 is 10.1 Å². The smallest absolute Gasteiger partial charge is 0.358 e. The summed E-state index contributed by atoms with van der Waals surface area (Å²) in [4.78, 5) is 41.1. The molecule has 0 saturated carbocycles. The second-order valence-corrected chi connectivity index (χ2v) is 6.86. The average molecular weight is 405 g/mol. The van der Waals surface area contributed by atoms with E-state index in [-0.39, 0.29) is 22.6 Å². The number of aromatic nitrogens is 6. The Balaban J connectivity index is 1.97. The topological polar surface area (TPSA) is 121 Å². The molecule has 0 radical (unpaired) electrons. The van der Waals surface area contributed by atoms with Crippen molar-refractivity contribution < 1.29 is 4.92 Å². The summed E-state index contributed by atoms with van der Waals surface area (Å²) in [7, 11) is 0. The van der Waals surface area contributed by atoms with Crippen LogP contribution in [0, 0.1) is 10.1 Å². The summed E-state index contributed by atoms with van der Waals surface area (Å²) in [6, 6.07) is 11.7. The summed E-state index contributed by atoms with van der Waals surface area (Å²) in [5.74, 6) is -0.0847. The Hall–Kier alpha value is -3.86. The summed E-state index contributed by atoms with van der Waals surface area (Å²) < 4.78 is 2.87. The number of fused-ring (bicyclic) bond motifs is 4. The molecule has 1 aromatic carbocycles. The summed E-state index contributed by atoms with van der Waals surface area (Å²) in [5, 5.41) is 12.6. The molecule has 0 spiro atoms. The molecule has 0 saturated heterocycles. The van der Waals surface area contributed by atoms with Gasteiger partial charge in [0.05, 0.1) is 5.52 Å². The summed E-state index contributed by atoms with van der Waals surface area (Å²) >= 11 is 1.35. The van der Waals surface area contributed by atoms with Crippen LogP contribution in [0.5, 0.6) is 0 Å². The molecule has 29 heavy (non-hydrogen) atoms. The van der Waals surface area contributed by atoms with Crippen molar-refractivity contribution in [1.82, 2.24) is 29.1 Å². The lowest BCUT2D eigenvalue weighted by atomic mass is 10.2. The molecule has 10 nitrogen and oxygen atoms in total. The van der Waals surface area contributed by atoms with Gasteiger partial charge in [-0.25, -0.2) is 19.6 Å². The zero-order valence-electron chi connectivity index (χ0n) is 14.9. The number of nitrogens with zero attached hydrogens (tertiary/aromatic N) is 7. The van der Waals surface area contributed by atoms with Crippen molar-refractivity contribution in [2.45, 2.75) is 5.16 Å². The number of para-hydroxylation sites is 1. The van der Waals surface area contributed by atoms with Crippen LogP contribution >= 0.6 is 11.8 Å². The van der Waals surface area contributed by atoms with Crippen molar-refractivity contribution in [3.05, 3.63) is 69.1 Å². The highest BCUT2D eigenvalue weighted by Gasteiger charge is 2.21. The SMILES string of the molecule is CSc1ncc2c(=O)n3c(nc2n1)c1ccccc1n3-c1cccc([N+](=O)[O-])n1. The van der Waals surface area contributed by atoms with E-state index in [1.54, 1.807) is 12.1 Å². The van der Waals surface area contributed by atoms with Gasteiger partial charge in [-0.05, 0) is 34.4 Å². The number of nitro groups is 1. The number of hydrogen-bond acceptors (Lipinski definition) is 8. The van der Waals surface area contributed by atoms with Crippen LogP contribution in [0.1, 0.15) is 0 Å². The zero-order valence-corrected chi connectivity index (χ0v) is 15.7. The molecule has 11 heteroatoms. The minimum atomic E-state index is -0.578. The molecule has 0 aliphatic rings. The molecule has 0 N–H and O–H groups in total. The minimum absolute atomic E-state index is 0.232. The van der Waals surface area contributed by atoms with Gasteiger partial charge >= 0.3 is 5.82 Å². The molecular formula is C18H11N7O3S. The number of benzene rings is 1. The van der Waals surface area contributed by atoms with Crippen LogP contribution in [0.15, 0.2) is 58.6 Å². The monoisotopic (exact) mass is 405 g/mol. The second kappa shape index (κ2) is 6.34. The maximum Gasteiger partial charge on any atom is 0.365 e. The first-order valence-electron chi connectivity index (χ1n) is 8.43. The van der Waals surface area contributed by atoms with E-state index in [9.17, 15) is 14.9 Å². The lowest BCUT2D eigenvalue weighted by Gasteiger charge is -2.05.